The van der Waals surface area contributed by atoms with E-state index in [-0.39, 0.29) is 24.5 Å². The first-order chi connectivity index (χ1) is 8.65. The Morgan fingerprint density at radius 1 is 1.21 bits per heavy atom. The molecule has 0 spiro atoms. The van der Waals surface area contributed by atoms with Crippen LogP contribution in [0, 0.1) is 0 Å². The number of hydrogen-bond acceptors (Lipinski definition) is 3. The number of carboxylic acid groups (broad SMARTS) is 1. The van der Waals surface area contributed by atoms with Gasteiger partial charge in [0.1, 0.15) is 6.54 Å². The van der Waals surface area contributed by atoms with Gasteiger partial charge in [0.2, 0.25) is 5.91 Å². The lowest BCUT2D eigenvalue weighted by molar-refractivity contribution is -0.137. The second-order valence-electron chi connectivity index (χ2n) is 5.27. The predicted molar refractivity (Wildman–Crippen MR) is 70.8 cm³/mol. The molecule has 0 saturated heterocycles. The molecule has 3 amide bonds. The molecule has 0 fully saturated rings. The number of carboxylic acids is 1. The summed E-state index contributed by atoms with van der Waals surface area (Å²) in [5.41, 5.74) is -0.369. The summed E-state index contributed by atoms with van der Waals surface area (Å²) in [5, 5.41) is 13.8. The molecular weight excluding hydrogens is 250 g/mol. The van der Waals surface area contributed by atoms with Gasteiger partial charge in [-0.15, -0.1) is 0 Å². The first kappa shape index (κ1) is 17.2. The fraction of sp³-hybridized carbons (Fsp3) is 0.750. The lowest BCUT2D eigenvalue weighted by Crippen LogP contribution is -2.49. The zero-order valence-corrected chi connectivity index (χ0v) is 11.9. The van der Waals surface area contributed by atoms with Crippen molar-refractivity contribution in [3.8, 4) is 0 Å². The van der Waals surface area contributed by atoms with Crippen molar-refractivity contribution in [2.75, 3.05) is 19.6 Å². The van der Waals surface area contributed by atoms with E-state index in [1.807, 2.05) is 27.7 Å². The van der Waals surface area contributed by atoms with E-state index in [9.17, 15) is 14.4 Å². The van der Waals surface area contributed by atoms with Gasteiger partial charge in [0.15, 0.2) is 0 Å². The van der Waals surface area contributed by atoms with Crippen molar-refractivity contribution in [2.45, 2.75) is 39.7 Å². The Morgan fingerprint density at radius 2 is 1.79 bits per heavy atom. The second kappa shape index (κ2) is 7.60. The molecule has 7 nitrogen and oxygen atoms in total. The van der Waals surface area contributed by atoms with E-state index in [1.54, 1.807) is 0 Å². The fourth-order valence-electron chi connectivity index (χ4n) is 1.42. The van der Waals surface area contributed by atoms with Gasteiger partial charge in [-0.3, -0.25) is 9.59 Å². The van der Waals surface area contributed by atoms with Crippen LogP contribution < -0.4 is 10.6 Å². The topological polar surface area (TPSA) is 98.7 Å². The van der Waals surface area contributed by atoms with Crippen LogP contribution in [0.15, 0.2) is 0 Å². The highest BCUT2D eigenvalue weighted by atomic mass is 16.4. The number of carbonyl (C=O) groups excluding carboxylic acids is 2. The summed E-state index contributed by atoms with van der Waals surface area (Å²) < 4.78 is 0. The van der Waals surface area contributed by atoms with Gasteiger partial charge in [0.25, 0.3) is 0 Å². The Balaban J connectivity index is 4.25. The minimum Gasteiger partial charge on any atom is -0.480 e. The molecule has 0 unspecified atom stereocenters. The van der Waals surface area contributed by atoms with Crippen LogP contribution >= 0.6 is 0 Å². The summed E-state index contributed by atoms with van der Waals surface area (Å²) in [6, 6.07) is -0.548. The number of aliphatic carboxylic acids is 1. The smallest absolute Gasteiger partial charge is 0.323 e. The van der Waals surface area contributed by atoms with Crippen LogP contribution in [0.5, 0.6) is 0 Å². The molecule has 7 heteroatoms. The molecular formula is C12H23N3O4. The zero-order valence-electron chi connectivity index (χ0n) is 11.9. The number of urea groups is 1. The van der Waals surface area contributed by atoms with Crippen LogP contribution in [0.3, 0.4) is 0 Å². The van der Waals surface area contributed by atoms with E-state index < -0.39 is 12.0 Å². The van der Waals surface area contributed by atoms with Gasteiger partial charge in [-0.25, -0.2) is 4.79 Å². The predicted octanol–water partition coefficient (Wildman–Crippen LogP) is 0.407. The maximum absolute atomic E-state index is 11.7. The third kappa shape index (κ3) is 8.87. The molecule has 110 valence electrons. The number of hydrogen-bond donors (Lipinski definition) is 3. The molecule has 0 aromatic carbocycles. The van der Waals surface area contributed by atoms with E-state index in [2.05, 4.69) is 10.6 Å². The summed E-state index contributed by atoms with van der Waals surface area (Å²) in [4.78, 5) is 35.0. The normalized spacial score (nSPS) is 10.7. The third-order valence-corrected chi connectivity index (χ3v) is 2.02. The molecule has 0 heterocycles. The molecule has 0 radical (unpaired) electrons. The monoisotopic (exact) mass is 273 g/mol. The van der Waals surface area contributed by atoms with Crippen LogP contribution in [0.1, 0.15) is 34.1 Å². The third-order valence-electron chi connectivity index (χ3n) is 2.02. The van der Waals surface area contributed by atoms with Gasteiger partial charge in [-0.05, 0) is 27.2 Å². The highest BCUT2D eigenvalue weighted by molar-refractivity contribution is 5.85. The Bertz CT molecular complexity index is 336. The highest BCUT2D eigenvalue weighted by Crippen LogP contribution is 1.97. The molecule has 0 bridgehead atoms. The van der Waals surface area contributed by atoms with Gasteiger partial charge in [-0.1, -0.05) is 6.92 Å². The fourth-order valence-corrected chi connectivity index (χ4v) is 1.42. The van der Waals surface area contributed by atoms with Crippen molar-refractivity contribution in [3.05, 3.63) is 0 Å². The Morgan fingerprint density at radius 3 is 2.21 bits per heavy atom. The number of rotatable bonds is 6. The van der Waals surface area contributed by atoms with Gasteiger partial charge >= 0.3 is 12.0 Å². The summed E-state index contributed by atoms with van der Waals surface area (Å²) in [5.74, 6) is -1.39. The number of nitrogens with one attached hydrogen (secondary N) is 2. The van der Waals surface area contributed by atoms with Crippen molar-refractivity contribution in [3.63, 3.8) is 0 Å². The molecule has 19 heavy (non-hydrogen) atoms. The molecule has 0 atom stereocenters. The van der Waals surface area contributed by atoms with E-state index in [0.717, 1.165) is 4.90 Å². The van der Waals surface area contributed by atoms with E-state index in [1.165, 1.54) is 0 Å². The molecule has 0 aliphatic heterocycles. The van der Waals surface area contributed by atoms with Crippen LogP contribution in [0.2, 0.25) is 0 Å². The Kier molecular flexibility index (Phi) is 6.89. The maximum Gasteiger partial charge on any atom is 0.323 e. The van der Waals surface area contributed by atoms with E-state index in [4.69, 9.17) is 5.11 Å². The summed E-state index contributed by atoms with van der Waals surface area (Å²) in [6.07, 6.45) is 0.648. The largest absolute Gasteiger partial charge is 0.480 e. The summed E-state index contributed by atoms with van der Waals surface area (Å²) in [7, 11) is 0. The van der Waals surface area contributed by atoms with Crippen molar-refractivity contribution in [1.82, 2.24) is 15.5 Å². The van der Waals surface area contributed by atoms with Crippen molar-refractivity contribution in [2.24, 2.45) is 0 Å². The molecule has 0 aliphatic rings. The lowest BCUT2D eigenvalue weighted by Gasteiger charge is -2.23. The van der Waals surface area contributed by atoms with Crippen LogP contribution in [-0.2, 0) is 9.59 Å². The minimum absolute atomic E-state index is 0.171. The van der Waals surface area contributed by atoms with Crippen molar-refractivity contribution in [1.29, 1.82) is 0 Å². The van der Waals surface area contributed by atoms with Gasteiger partial charge in [0, 0.05) is 12.1 Å². The first-order valence-corrected chi connectivity index (χ1v) is 6.21. The number of nitrogens with zero attached hydrogens (tertiary/aromatic N) is 1. The van der Waals surface area contributed by atoms with Crippen LogP contribution in [0.4, 0.5) is 4.79 Å². The van der Waals surface area contributed by atoms with Crippen molar-refractivity contribution < 1.29 is 19.5 Å². The van der Waals surface area contributed by atoms with E-state index in [0.29, 0.717) is 13.0 Å². The summed E-state index contributed by atoms with van der Waals surface area (Å²) >= 11 is 0. The highest BCUT2D eigenvalue weighted by Gasteiger charge is 2.18. The van der Waals surface area contributed by atoms with Gasteiger partial charge < -0.3 is 20.6 Å². The van der Waals surface area contributed by atoms with Crippen molar-refractivity contribution >= 4 is 17.9 Å². The maximum atomic E-state index is 11.7. The van der Waals surface area contributed by atoms with Gasteiger partial charge in [-0.2, -0.15) is 0 Å². The minimum atomic E-state index is -1.08. The first-order valence-electron chi connectivity index (χ1n) is 6.21. The van der Waals surface area contributed by atoms with Crippen LogP contribution in [-0.4, -0.2) is 53.1 Å². The average Bonchev–Trinajstić information content (AvgIpc) is 2.22. The molecule has 0 aromatic heterocycles. The standard InChI is InChI=1S/C12H23N3O4/c1-5-6-15(8-10(17)18)11(19)13-7-9(16)14-12(2,3)4/h5-8H2,1-4H3,(H,13,19)(H,14,16)(H,17,18). The zero-order chi connectivity index (χ0) is 15.1. The van der Waals surface area contributed by atoms with E-state index >= 15 is 0 Å². The van der Waals surface area contributed by atoms with Gasteiger partial charge in [0.05, 0.1) is 6.54 Å². The molecule has 0 aliphatic carbocycles. The Labute approximate surface area is 113 Å². The molecule has 0 rings (SSSR count). The van der Waals surface area contributed by atoms with Crippen LogP contribution in [0.25, 0.3) is 0 Å². The quantitative estimate of drug-likeness (QED) is 0.652. The second-order valence-corrected chi connectivity index (χ2v) is 5.27. The summed E-state index contributed by atoms with van der Waals surface area (Å²) in [6.45, 7) is 7.13. The number of carbonyl (C=O) groups is 3. The SMILES string of the molecule is CCCN(CC(=O)O)C(=O)NCC(=O)NC(C)(C)C. The molecule has 3 N–H and O–H groups in total. The molecule has 0 saturated carbocycles. The molecule has 0 aromatic rings. The Hall–Kier alpha value is -1.79. The average molecular weight is 273 g/mol. The number of amides is 3. The lowest BCUT2D eigenvalue weighted by atomic mass is 10.1.